The van der Waals surface area contributed by atoms with E-state index in [4.69, 9.17) is 19.9 Å². The maximum atomic E-state index is 11.0. The lowest BCUT2D eigenvalue weighted by Crippen LogP contribution is -2.20. The molecule has 17 heavy (non-hydrogen) atoms. The second-order valence-electron chi connectivity index (χ2n) is 3.05. The summed E-state index contributed by atoms with van der Waals surface area (Å²) in [4.78, 5) is 11.0. The third-order valence-corrected chi connectivity index (χ3v) is 1.98. The van der Waals surface area contributed by atoms with Gasteiger partial charge in [-0.1, -0.05) is 0 Å². The monoisotopic (exact) mass is 261 g/mol. The molecule has 0 atom stereocenters. The predicted molar refractivity (Wildman–Crippen MR) is 66.4 cm³/mol. The zero-order chi connectivity index (χ0) is 12.0. The summed E-state index contributed by atoms with van der Waals surface area (Å²) in [6.45, 7) is -0.0563. The fourth-order valence-electron chi connectivity index (χ4n) is 1.13. The number of rotatable bonds is 6. The largest absolute Gasteiger partial charge is 0.493 e. The number of benzene rings is 1. The Morgan fingerprint density at radius 2 is 1.88 bits per heavy atom. The highest BCUT2D eigenvalue weighted by Gasteiger charge is 2.06. The summed E-state index contributed by atoms with van der Waals surface area (Å²) >= 11 is 0. The number of halogens is 1. The molecule has 96 valence electrons. The van der Waals surface area contributed by atoms with E-state index in [2.05, 4.69) is 0 Å². The first-order valence-corrected chi connectivity index (χ1v) is 4.78. The molecule has 1 rings (SSSR count). The molecule has 0 radical (unpaired) electrons. The van der Waals surface area contributed by atoms with Gasteiger partial charge in [-0.25, -0.2) is 0 Å². The van der Waals surface area contributed by atoms with E-state index in [-0.39, 0.29) is 31.3 Å². The second kappa shape index (κ2) is 7.76. The van der Waals surface area contributed by atoms with Crippen molar-refractivity contribution in [1.29, 1.82) is 0 Å². The van der Waals surface area contributed by atoms with Gasteiger partial charge in [0.05, 0.1) is 20.8 Å². The van der Waals surface area contributed by atoms with Crippen LogP contribution in [0.15, 0.2) is 18.2 Å². The van der Waals surface area contributed by atoms with Crippen molar-refractivity contribution in [2.24, 2.45) is 5.73 Å². The summed E-state index contributed by atoms with van der Waals surface area (Å²) in [5.41, 5.74) is 5.16. The number of Topliss-reactive ketones (excluding diaryl/α,β-unsaturated/α-hetero) is 1. The number of ketones is 1. The van der Waals surface area contributed by atoms with Gasteiger partial charge in [-0.05, 0) is 12.1 Å². The molecule has 1 aromatic carbocycles. The normalized spacial score (nSPS) is 9.12. The van der Waals surface area contributed by atoms with E-state index in [1.54, 1.807) is 25.3 Å². The second-order valence-corrected chi connectivity index (χ2v) is 3.05. The van der Waals surface area contributed by atoms with E-state index in [9.17, 15) is 4.79 Å². The minimum absolute atomic E-state index is 0. The molecule has 5 nitrogen and oxygen atoms in total. The molecule has 0 bridgehead atoms. The van der Waals surface area contributed by atoms with Crippen LogP contribution in [0, 0.1) is 0 Å². The van der Waals surface area contributed by atoms with Gasteiger partial charge in [0.25, 0.3) is 0 Å². The summed E-state index contributed by atoms with van der Waals surface area (Å²) in [5.74, 6) is 1.55. The van der Waals surface area contributed by atoms with Gasteiger partial charge in [0.15, 0.2) is 17.3 Å². The number of carbonyl (C=O) groups is 1. The van der Waals surface area contributed by atoms with E-state index in [0.29, 0.717) is 17.2 Å². The molecule has 6 heteroatoms. The summed E-state index contributed by atoms with van der Waals surface area (Å²) < 4.78 is 15.4. The first kappa shape index (κ1) is 15.5. The van der Waals surface area contributed by atoms with E-state index in [0.717, 1.165) is 0 Å². The quantitative estimate of drug-likeness (QED) is 0.828. The zero-order valence-corrected chi connectivity index (χ0v) is 10.6. The van der Waals surface area contributed by atoms with Crippen molar-refractivity contribution in [3.63, 3.8) is 0 Å². The maximum Gasteiger partial charge on any atom is 0.183 e. The number of hydrogen-bond acceptors (Lipinski definition) is 5. The molecule has 0 aliphatic carbocycles. The minimum atomic E-state index is -0.158. The van der Waals surface area contributed by atoms with Crippen LogP contribution in [0.25, 0.3) is 0 Å². The average Bonchev–Trinajstić information content (AvgIpc) is 2.35. The molecule has 0 unspecified atom stereocenters. The van der Waals surface area contributed by atoms with Crippen LogP contribution in [0.2, 0.25) is 0 Å². The van der Waals surface area contributed by atoms with Crippen molar-refractivity contribution >= 4 is 18.2 Å². The third kappa shape index (κ3) is 4.50. The topological polar surface area (TPSA) is 70.8 Å². The highest BCUT2D eigenvalue weighted by Crippen LogP contribution is 2.30. The van der Waals surface area contributed by atoms with Gasteiger partial charge in [0.1, 0.15) is 12.4 Å². The molecule has 0 aliphatic heterocycles. The lowest BCUT2D eigenvalue weighted by Gasteiger charge is -2.10. The standard InChI is InChI=1S/C11H15NO4.ClH/c1-14-10-4-3-9(5-11(10)15-2)16-7-8(13)6-12;/h3-5H,6-7,12H2,1-2H3;1H. The summed E-state index contributed by atoms with van der Waals surface area (Å²) in [6.07, 6.45) is 0. The molecule has 1 aromatic rings. The third-order valence-electron chi connectivity index (χ3n) is 1.98. The van der Waals surface area contributed by atoms with Crippen molar-refractivity contribution in [3.8, 4) is 17.2 Å². The molecule has 0 heterocycles. The summed E-state index contributed by atoms with van der Waals surface area (Å²) in [5, 5.41) is 0. The van der Waals surface area contributed by atoms with Crippen molar-refractivity contribution in [2.45, 2.75) is 0 Å². The SMILES string of the molecule is COc1ccc(OCC(=O)CN)cc1OC.Cl. The molecule has 0 aliphatic rings. The van der Waals surface area contributed by atoms with Crippen LogP contribution in [0.5, 0.6) is 17.2 Å². The molecule has 0 saturated carbocycles. The van der Waals surface area contributed by atoms with Crippen LogP contribution < -0.4 is 19.9 Å². The Bertz CT molecular complexity index is 370. The molecule has 0 aromatic heterocycles. The van der Waals surface area contributed by atoms with Gasteiger partial charge in [-0.2, -0.15) is 0 Å². The number of carbonyl (C=O) groups excluding carboxylic acids is 1. The van der Waals surface area contributed by atoms with Crippen LogP contribution in [0.1, 0.15) is 0 Å². The van der Waals surface area contributed by atoms with E-state index in [1.165, 1.54) is 7.11 Å². The Morgan fingerprint density at radius 3 is 2.41 bits per heavy atom. The van der Waals surface area contributed by atoms with E-state index >= 15 is 0 Å². The van der Waals surface area contributed by atoms with Gasteiger partial charge >= 0.3 is 0 Å². The molecule has 0 spiro atoms. The van der Waals surface area contributed by atoms with Crippen molar-refractivity contribution < 1.29 is 19.0 Å². The van der Waals surface area contributed by atoms with Gasteiger partial charge in [0, 0.05) is 6.07 Å². The molecule has 0 saturated heterocycles. The highest BCUT2D eigenvalue weighted by molar-refractivity contribution is 5.85. The molecular formula is C11H16ClNO4. The number of hydrogen-bond donors (Lipinski definition) is 1. The minimum Gasteiger partial charge on any atom is -0.493 e. The van der Waals surface area contributed by atoms with E-state index < -0.39 is 0 Å². The fraction of sp³-hybridized carbons (Fsp3) is 0.364. The average molecular weight is 262 g/mol. The Labute approximate surface area is 106 Å². The molecule has 0 amide bonds. The predicted octanol–water partition coefficient (Wildman–Crippen LogP) is 1.03. The molecule has 0 fully saturated rings. The van der Waals surface area contributed by atoms with Gasteiger partial charge < -0.3 is 19.9 Å². The lowest BCUT2D eigenvalue weighted by atomic mass is 10.3. The fourth-order valence-corrected chi connectivity index (χ4v) is 1.13. The number of ether oxygens (including phenoxy) is 3. The maximum absolute atomic E-state index is 11.0. The number of methoxy groups -OCH3 is 2. The summed E-state index contributed by atoms with van der Waals surface area (Å²) in [7, 11) is 3.09. The Hall–Kier alpha value is -1.46. The van der Waals surface area contributed by atoms with Crippen molar-refractivity contribution in [3.05, 3.63) is 18.2 Å². The van der Waals surface area contributed by atoms with Crippen LogP contribution >= 0.6 is 12.4 Å². The zero-order valence-electron chi connectivity index (χ0n) is 9.76. The Balaban J connectivity index is 0.00000256. The highest BCUT2D eigenvalue weighted by atomic mass is 35.5. The van der Waals surface area contributed by atoms with Gasteiger partial charge in [-0.15, -0.1) is 12.4 Å². The molecular weight excluding hydrogens is 246 g/mol. The van der Waals surface area contributed by atoms with Gasteiger partial charge in [0.2, 0.25) is 0 Å². The van der Waals surface area contributed by atoms with Crippen LogP contribution in [-0.4, -0.2) is 33.2 Å². The van der Waals surface area contributed by atoms with Crippen molar-refractivity contribution in [1.82, 2.24) is 0 Å². The van der Waals surface area contributed by atoms with Gasteiger partial charge in [-0.3, -0.25) is 4.79 Å². The molecule has 2 N–H and O–H groups in total. The smallest absolute Gasteiger partial charge is 0.183 e. The lowest BCUT2D eigenvalue weighted by molar-refractivity contribution is -0.119. The first-order valence-electron chi connectivity index (χ1n) is 4.78. The van der Waals surface area contributed by atoms with Crippen molar-refractivity contribution in [2.75, 3.05) is 27.4 Å². The van der Waals surface area contributed by atoms with Crippen LogP contribution in [-0.2, 0) is 4.79 Å². The first-order chi connectivity index (χ1) is 7.71. The van der Waals surface area contributed by atoms with Crippen LogP contribution in [0.4, 0.5) is 0 Å². The van der Waals surface area contributed by atoms with Crippen LogP contribution in [0.3, 0.4) is 0 Å². The number of nitrogens with two attached hydrogens (primary N) is 1. The van der Waals surface area contributed by atoms with E-state index in [1.807, 2.05) is 0 Å². The Morgan fingerprint density at radius 1 is 1.24 bits per heavy atom. The summed E-state index contributed by atoms with van der Waals surface area (Å²) in [6, 6.07) is 5.06. The Kier molecular flexibility index (Phi) is 7.09.